The Balaban J connectivity index is 2.07. The number of fused-ring (bicyclic) bond motifs is 1. The van der Waals surface area contributed by atoms with E-state index in [1.807, 2.05) is 12.1 Å². The molecule has 2 amide bonds. The van der Waals surface area contributed by atoms with Gasteiger partial charge >= 0.3 is 0 Å². The van der Waals surface area contributed by atoms with Gasteiger partial charge in [-0.3, -0.25) is 14.5 Å². The van der Waals surface area contributed by atoms with Crippen LogP contribution in [0.15, 0.2) is 42.5 Å². The van der Waals surface area contributed by atoms with Gasteiger partial charge in [-0.05, 0) is 30.7 Å². The highest BCUT2D eigenvalue weighted by atomic mass is 35.5. The molecular weight excluding hydrogens is 331 g/mol. The minimum atomic E-state index is -0.717. The molecule has 0 radical (unpaired) electrons. The number of carbonyl (C=O) groups is 2. The van der Waals surface area contributed by atoms with Crippen LogP contribution >= 0.6 is 11.6 Å². The van der Waals surface area contributed by atoms with Crippen molar-refractivity contribution >= 4 is 29.1 Å². The number of halogens is 2. The zero-order chi connectivity index (χ0) is 17.3. The molecule has 0 bridgehead atoms. The lowest BCUT2D eigenvalue weighted by Gasteiger charge is -2.25. The van der Waals surface area contributed by atoms with Crippen molar-refractivity contribution in [3.63, 3.8) is 0 Å². The molecule has 124 valence electrons. The van der Waals surface area contributed by atoms with Crippen LogP contribution < -0.4 is 10.2 Å². The number of para-hydroxylation sites is 1. The number of nitrogens with zero attached hydrogens (tertiary/aromatic N) is 1. The first-order chi connectivity index (χ1) is 11.5. The molecule has 2 aromatic rings. The molecule has 24 heavy (non-hydrogen) atoms. The molecule has 0 aliphatic carbocycles. The van der Waals surface area contributed by atoms with Gasteiger partial charge in [0, 0.05) is 18.7 Å². The summed E-state index contributed by atoms with van der Waals surface area (Å²) in [6.45, 7) is 2.26. The van der Waals surface area contributed by atoms with Gasteiger partial charge in [-0.25, -0.2) is 4.39 Å². The number of hydrogen-bond acceptors (Lipinski definition) is 2. The van der Waals surface area contributed by atoms with Gasteiger partial charge in [0.25, 0.3) is 5.91 Å². The van der Waals surface area contributed by atoms with E-state index in [2.05, 4.69) is 5.32 Å². The van der Waals surface area contributed by atoms with Crippen LogP contribution in [-0.2, 0) is 11.2 Å². The average molecular weight is 347 g/mol. The van der Waals surface area contributed by atoms with Crippen molar-refractivity contribution in [2.75, 3.05) is 11.4 Å². The Hall–Kier alpha value is -2.40. The molecule has 1 unspecified atom stereocenters. The van der Waals surface area contributed by atoms with E-state index in [1.54, 1.807) is 19.1 Å². The maximum atomic E-state index is 14.2. The summed E-state index contributed by atoms with van der Waals surface area (Å²) in [5.41, 5.74) is 1.26. The molecule has 0 saturated heterocycles. The number of likely N-dealkylation sites (N-methyl/N-ethyl adjacent to an activating group) is 1. The highest BCUT2D eigenvalue weighted by molar-refractivity contribution is 6.34. The fraction of sp³-hybridized carbons (Fsp3) is 0.222. The quantitative estimate of drug-likeness (QED) is 0.928. The molecular formula is C18H16ClFN2O2. The van der Waals surface area contributed by atoms with Crippen LogP contribution in [0.5, 0.6) is 0 Å². The van der Waals surface area contributed by atoms with Gasteiger partial charge < -0.3 is 5.32 Å². The monoisotopic (exact) mass is 346 g/mol. The van der Waals surface area contributed by atoms with Gasteiger partial charge in [0.05, 0.1) is 10.6 Å². The summed E-state index contributed by atoms with van der Waals surface area (Å²) in [4.78, 5) is 26.7. The minimum Gasteiger partial charge on any atom is -0.355 e. The van der Waals surface area contributed by atoms with Crippen molar-refractivity contribution in [1.29, 1.82) is 0 Å². The Labute approximate surface area is 144 Å². The number of anilines is 1. The predicted molar refractivity (Wildman–Crippen MR) is 90.8 cm³/mol. The molecule has 6 heteroatoms. The Morgan fingerprint density at radius 3 is 2.71 bits per heavy atom. The van der Waals surface area contributed by atoms with E-state index in [0.717, 1.165) is 5.56 Å². The lowest BCUT2D eigenvalue weighted by atomic mass is 10.1. The van der Waals surface area contributed by atoms with Crippen LogP contribution in [0.4, 0.5) is 10.1 Å². The second-order valence-corrected chi connectivity index (χ2v) is 5.92. The van der Waals surface area contributed by atoms with E-state index >= 15 is 0 Å². The molecule has 0 spiro atoms. The first kappa shape index (κ1) is 16.5. The highest BCUT2D eigenvalue weighted by Gasteiger charge is 2.39. The maximum Gasteiger partial charge on any atom is 0.263 e. The lowest BCUT2D eigenvalue weighted by molar-refractivity contribution is -0.122. The van der Waals surface area contributed by atoms with Crippen molar-refractivity contribution < 1.29 is 14.0 Å². The summed E-state index contributed by atoms with van der Waals surface area (Å²) in [5, 5.41) is 2.76. The number of amides is 2. The average Bonchev–Trinajstić information content (AvgIpc) is 2.94. The number of nitrogens with one attached hydrogen (secondary N) is 1. The molecule has 1 N–H and O–H groups in total. The third-order valence-corrected chi connectivity index (χ3v) is 4.34. The van der Waals surface area contributed by atoms with Crippen molar-refractivity contribution in [1.82, 2.24) is 5.32 Å². The van der Waals surface area contributed by atoms with Crippen molar-refractivity contribution in [3.05, 3.63) is 64.4 Å². The zero-order valence-corrected chi connectivity index (χ0v) is 13.8. The predicted octanol–water partition coefficient (Wildman–Crippen LogP) is 3.19. The summed E-state index contributed by atoms with van der Waals surface area (Å²) in [6, 6.07) is 10.6. The lowest BCUT2D eigenvalue weighted by Crippen LogP contribution is -2.48. The van der Waals surface area contributed by atoms with E-state index in [1.165, 1.54) is 23.1 Å². The summed E-state index contributed by atoms with van der Waals surface area (Å²) >= 11 is 6.03. The van der Waals surface area contributed by atoms with Gasteiger partial charge in [0.15, 0.2) is 0 Å². The highest BCUT2D eigenvalue weighted by Crippen LogP contribution is 2.35. The van der Waals surface area contributed by atoms with Gasteiger partial charge in [0.2, 0.25) is 5.91 Å². The second-order valence-electron chi connectivity index (χ2n) is 5.52. The molecule has 3 rings (SSSR count). The first-order valence-electron chi connectivity index (χ1n) is 7.67. The maximum absolute atomic E-state index is 14.2. The van der Waals surface area contributed by atoms with E-state index in [-0.39, 0.29) is 16.5 Å². The normalized spacial score (nSPS) is 16.0. The van der Waals surface area contributed by atoms with Crippen LogP contribution in [0.3, 0.4) is 0 Å². The molecule has 0 fully saturated rings. The van der Waals surface area contributed by atoms with Crippen LogP contribution in [0.2, 0.25) is 5.02 Å². The SMILES string of the molecule is CCNC(=O)C1Cc2ccccc2N1C(=O)c1c(F)cccc1Cl. The fourth-order valence-corrected chi connectivity index (χ4v) is 3.21. The summed E-state index contributed by atoms with van der Waals surface area (Å²) in [7, 11) is 0. The van der Waals surface area contributed by atoms with Gasteiger partial charge in [0.1, 0.15) is 11.9 Å². The standard InChI is InChI=1S/C18H16ClFN2O2/c1-2-21-17(23)15-10-11-6-3-4-9-14(11)22(15)18(24)16-12(19)7-5-8-13(16)20/h3-9,15H,2,10H2,1H3,(H,21,23). The molecule has 4 nitrogen and oxygen atoms in total. The Bertz CT molecular complexity index is 789. The largest absolute Gasteiger partial charge is 0.355 e. The van der Waals surface area contributed by atoms with Gasteiger partial charge in [-0.1, -0.05) is 35.9 Å². The third-order valence-electron chi connectivity index (χ3n) is 4.03. The molecule has 0 saturated carbocycles. The summed E-state index contributed by atoms with van der Waals surface area (Å²) in [5.74, 6) is -1.58. The van der Waals surface area contributed by atoms with Gasteiger partial charge in [-0.2, -0.15) is 0 Å². The van der Waals surface area contributed by atoms with Crippen LogP contribution in [0.25, 0.3) is 0 Å². The topological polar surface area (TPSA) is 49.4 Å². The molecule has 1 atom stereocenters. The van der Waals surface area contributed by atoms with Crippen molar-refractivity contribution in [2.45, 2.75) is 19.4 Å². The van der Waals surface area contributed by atoms with E-state index < -0.39 is 17.8 Å². The van der Waals surface area contributed by atoms with Crippen LogP contribution in [0, 0.1) is 5.82 Å². The Morgan fingerprint density at radius 2 is 2.00 bits per heavy atom. The molecule has 1 heterocycles. The molecule has 2 aromatic carbocycles. The zero-order valence-electron chi connectivity index (χ0n) is 13.1. The molecule has 1 aliphatic rings. The summed E-state index contributed by atoms with van der Waals surface area (Å²) < 4.78 is 14.2. The molecule has 0 aromatic heterocycles. The minimum absolute atomic E-state index is 0.0269. The number of rotatable bonds is 3. The van der Waals surface area contributed by atoms with E-state index in [9.17, 15) is 14.0 Å². The number of carbonyl (C=O) groups excluding carboxylic acids is 2. The van der Waals surface area contributed by atoms with E-state index in [0.29, 0.717) is 18.7 Å². The Morgan fingerprint density at radius 1 is 1.25 bits per heavy atom. The summed E-state index contributed by atoms with van der Waals surface area (Å²) in [6.07, 6.45) is 0.389. The third kappa shape index (κ3) is 2.76. The fourth-order valence-electron chi connectivity index (χ4n) is 2.96. The van der Waals surface area contributed by atoms with Gasteiger partial charge in [-0.15, -0.1) is 0 Å². The second kappa shape index (κ2) is 6.61. The first-order valence-corrected chi connectivity index (χ1v) is 8.05. The van der Waals surface area contributed by atoms with E-state index in [4.69, 9.17) is 11.6 Å². The van der Waals surface area contributed by atoms with Crippen LogP contribution in [-0.4, -0.2) is 24.4 Å². The molecule has 1 aliphatic heterocycles. The van der Waals surface area contributed by atoms with Crippen LogP contribution in [0.1, 0.15) is 22.8 Å². The smallest absolute Gasteiger partial charge is 0.263 e. The number of benzene rings is 2. The van der Waals surface area contributed by atoms with Crippen molar-refractivity contribution in [2.24, 2.45) is 0 Å². The Kier molecular flexibility index (Phi) is 4.53. The van der Waals surface area contributed by atoms with Crippen molar-refractivity contribution in [3.8, 4) is 0 Å². The number of hydrogen-bond donors (Lipinski definition) is 1.